The van der Waals surface area contributed by atoms with Gasteiger partial charge in [-0.3, -0.25) is 4.79 Å². The number of ether oxygens (including phenoxy) is 2. The summed E-state index contributed by atoms with van der Waals surface area (Å²) in [6.45, 7) is 2.46. The molecule has 0 atom stereocenters. The standard InChI is InChI=1S/C25H31N3O5S/c1-2-31-25(30)26-8-9-32-24-22(34-19-6-4-3-5-7-19)21(33-28-24)23(29)27-20-17-11-15-10-16(13-17)14-18(20)12-15/h3-7,15-18,20H,2,8-14H2,1H3,(H,26,30)(H,27,29). The highest BCUT2D eigenvalue weighted by Gasteiger charge is 2.49. The molecule has 0 aliphatic heterocycles. The molecule has 4 bridgehead atoms. The molecule has 1 heterocycles. The van der Waals surface area contributed by atoms with Crippen LogP contribution in [0.15, 0.2) is 44.6 Å². The summed E-state index contributed by atoms with van der Waals surface area (Å²) in [4.78, 5) is 26.3. The number of alkyl carbamates (subject to hydrolysis) is 1. The molecule has 1 aromatic carbocycles. The minimum Gasteiger partial charge on any atom is -0.473 e. The summed E-state index contributed by atoms with van der Waals surface area (Å²) in [6, 6.07) is 9.95. The molecular weight excluding hydrogens is 454 g/mol. The number of hydrogen-bond acceptors (Lipinski definition) is 7. The van der Waals surface area contributed by atoms with Gasteiger partial charge in [0.1, 0.15) is 11.5 Å². The molecule has 0 saturated heterocycles. The van der Waals surface area contributed by atoms with Crippen molar-refractivity contribution in [3.05, 3.63) is 36.1 Å². The van der Waals surface area contributed by atoms with Crippen molar-refractivity contribution in [2.75, 3.05) is 19.8 Å². The number of nitrogens with zero attached hydrogens (tertiary/aromatic N) is 1. The lowest BCUT2D eigenvalue weighted by molar-refractivity contribution is -0.0124. The summed E-state index contributed by atoms with van der Waals surface area (Å²) in [7, 11) is 0. The van der Waals surface area contributed by atoms with E-state index < -0.39 is 6.09 Å². The largest absolute Gasteiger partial charge is 0.473 e. The quantitative estimate of drug-likeness (QED) is 0.504. The summed E-state index contributed by atoms with van der Waals surface area (Å²) >= 11 is 1.38. The molecule has 182 valence electrons. The van der Waals surface area contributed by atoms with Crippen LogP contribution in [0, 0.1) is 23.7 Å². The zero-order valence-electron chi connectivity index (χ0n) is 19.3. The van der Waals surface area contributed by atoms with Crippen LogP contribution in [0.5, 0.6) is 5.88 Å². The van der Waals surface area contributed by atoms with E-state index in [4.69, 9.17) is 14.0 Å². The van der Waals surface area contributed by atoms with Gasteiger partial charge in [0, 0.05) is 10.9 Å². The molecule has 2 amide bonds. The van der Waals surface area contributed by atoms with Crippen LogP contribution in [-0.4, -0.2) is 43.0 Å². The van der Waals surface area contributed by atoms with Gasteiger partial charge in [-0.2, -0.15) is 0 Å². The summed E-state index contributed by atoms with van der Waals surface area (Å²) < 4.78 is 16.1. The predicted molar refractivity (Wildman–Crippen MR) is 126 cm³/mol. The van der Waals surface area contributed by atoms with Crippen molar-refractivity contribution >= 4 is 23.8 Å². The van der Waals surface area contributed by atoms with Gasteiger partial charge in [0.25, 0.3) is 11.8 Å². The third-order valence-electron chi connectivity index (χ3n) is 7.20. The monoisotopic (exact) mass is 485 g/mol. The van der Waals surface area contributed by atoms with Gasteiger partial charge < -0.3 is 24.6 Å². The third-order valence-corrected chi connectivity index (χ3v) is 8.27. The van der Waals surface area contributed by atoms with Crippen LogP contribution in [0.2, 0.25) is 0 Å². The Morgan fingerprint density at radius 1 is 1.09 bits per heavy atom. The molecule has 9 heteroatoms. The summed E-state index contributed by atoms with van der Waals surface area (Å²) in [5.74, 6) is 3.01. The van der Waals surface area contributed by atoms with Crippen molar-refractivity contribution in [3.63, 3.8) is 0 Å². The lowest BCUT2D eigenvalue weighted by Crippen LogP contribution is -2.55. The molecular formula is C25H31N3O5S. The molecule has 0 radical (unpaired) electrons. The van der Waals surface area contributed by atoms with E-state index in [1.165, 1.54) is 43.9 Å². The van der Waals surface area contributed by atoms with Crippen molar-refractivity contribution in [2.45, 2.75) is 54.9 Å². The Morgan fingerprint density at radius 3 is 2.47 bits per heavy atom. The Hall–Kier alpha value is -2.68. The molecule has 8 nitrogen and oxygen atoms in total. The van der Waals surface area contributed by atoms with Gasteiger partial charge >= 0.3 is 6.09 Å². The lowest BCUT2D eigenvalue weighted by atomic mass is 9.54. The van der Waals surface area contributed by atoms with Crippen molar-refractivity contribution in [1.29, 1.82) is 0 Å². The van der Waals surface area contributed by atoms with Gasteiger partial charge in [0.2, 0.25) is 5.76 Å². The summed E-state index contributed by atoms with van der Waals surface area (Å²) in [5, 5.41) is 9.95. The normalized spacial score (nSPS) is 26.8. The van der Waals surface area contributed by atoms with Crippen molar-refractivity contribution in [2.24, 2.45) is 23.7 Å². The molecule has 0 spiro atoms. The van der Waals surface area contributed by atoms with E-state index in [0.717, 1.165) is 16.7 Å². The number of nitrogens with one attached hydrogen (secondary N) is 2. The first-order chi connectivity index (χ1) is 16.6. The average Bonchev–Trinajstić information content (AvgIpc) is 3.22. The molecule has 34 heavy (non-hydrogen) atoms. The molecule has 2 aromatic rings. The number of amides is 2. The summed E-state index contributed by atoms with van der Waals surface area (Å²) in [6.07, 6.45) is 5.77. The van der Waals surface area contributed by atoms with Crippen LogP contribution in [0.1, 0.15) is 49.6 Å². The Balaban J connectivity index is 1.28. The van der Waals surface area contributed by atoms with Gasteiger partial charge in [-0.25, -0.2) is 4.79 Å². The van der Waals surface area contributed by atoms with Crippen molar-refractivity contribution in [1.82, 2.24) is 15.8 Å². The second kappa shape index (κ2) is 10.3. The topological polar surface area (TPSA) is 103 Å². The van der Waals surface area contributed by atoms with E-state index in [9.17, 15) is 9.59 Å². The van der Waals surface area contributed by atoms with Gasteiger partial charge in [-0.15, -0.1) is 0 Å². The fraction of sp³-hybridized carbons (Fsp3) is 0.560. The molecule has 4 saturated carbocycles. The van der Waals surface area contributed by atoms with Crippen LogP contribution >= 0.6 is 11.8 Å². The number of benzene rings is 1. The van der Waals surface area contributed by atoms with E-state index in [0.29, 0.717) is 23.3 Å². The molecule has 4 aliphatic rings. The van der Waals surface area contributed by atoms with E-state index in [-0.39, 0.29) is 36.7 Å². The number of rotatable bonds is 9. The number of aromatic nitrogens is 1. The van der Waals surface area contributed by atoms with E-state index in [1.54, 1.807) is 6.92 Å². The molecule has 0 unspecified atom stereocenters. The Labute approximate surface area is 203 Å². The van der Waals surface area contributed by atoms with Gasteiger partial charge in [0.05, 0.1) is 13.2 Å². The molecule has 4 fully saturated rings. The lowest BCUT2D eigenvalue weighted by Gasteiger charge is -2.54. The number of carbonyl (C=O) groups is 2. The van der Waals surface area contributed by atoms with E-state index in [2.05, 4.69) is 15.8 Å². The van der Waals surface area contributed by atoms with E-state index in [1.807, 2.05) is 30.3 Å². The maximum Gasteiger partial charge on any atom is 0.407 e. The first-order valence-corrected chi connectivity index (χ1v) is 13.0. The average molecular weight is 486 g/mol. The molecule has 6 rings (SSSR count). The summed E-state index contributed by atoms with van der Waals surface area (Å²) in [5.41, 5.74) is 0. The van der Waals surface area contributed by atoms with Crippen molar-refractivity contribution < 1.29 is 23.6 Å². The van der Waals surface area contributed by atoms with Gasteiger partial charge in [0.15, 0.2) is 0 Å². The van der Waals surface area contributed by atoms with Crippen molar-refractivity contribution in [3.8, 4) is 5.88 Å². The molecule has 2 N–H and O–H groups in total. The maximum absolute atomic E-state index is 13.4. The van der Waals surface area contributed by atoms with Gasteiger partial charge in [-0.1, -0.05) is 30.0 Å². The molecule has 1 aromatic heterocycles. The predicted octanol–water partition coefficient (Wildman–Crippen LogP) is 4.51. The highest BCUT2D eigenvalue weighted by atomic mass is 32.2. The third kappa shape index (κ3) is 5.04. The maximum atomic E-state index is 13.4. The van der Waals surface area contributed by atoms with Crippen LogP contribution < -0.4 is 15.4 Å². The first kappa shape index (κ1) is 23.1. The Kier molecular flexibility index (Phi) is 6.99. The minimum absolute atomic E-state index is 0.171. The SMILES string of the molecule is CCOC(=O)NCCOc1noc(C(=O)NC2C3CC4CC(C3)CC2C4)c1Sc1ccccc1. The zero-order chi connectivity index (χ0) is 23.5. The fourth-order valence-corrected chi connectivity index (χ4v) is 7.00. The van der Waals surface area contributed by atoms with Gasteiger partial charge in [-0.05, 0) is 80.0 Å². The second-order valence-electron chi connectivity index (χ2n) is 9.49. The molecule has 4 aliphatic carbocycles. The highest BCUT2D eigenvalue weighted by molar-refractivity contribution is 7.99. The smallest absolute Gasteiger partial charge is 0.407 e. The van der Waals surface area contributed by atoms with E-state index >= 15 is 0 Å². The Bertz CT molecular complexity index is 983. The Morgan fingerprint density at radius 2 is 1.79 bits per heavy atom. The van der Waals surface area contributed by atoms with Crippen LogP contribution in [0.25, 0.3) is 0 Å². The zero-order valence-corrected chi connectivity index (χ0v) is 20.1. The number of carbonyl (C=O) groups excluding carboxylic acids is 2. The minimum atomic E-state index is -0.499. The highest BCUT2D eigenvalue weighted by Crippen LogP contribution is 2.53. The van der Waals surface area contributed by atoms with Crippen LogP contribution in [0.3, 0.4) is 0 Å². The van der Waals surface area contributed by atoms with Crippen LogP contribution in [0.4, 0.5) is 4.79 Å². The first-order valence-electron chi connectivity index (χ1n) is 12.2. The second-order valence-corrected chi connectivity index (χ2v) is 10.6. The number of hydrogen-bond donors (Lipinski definition) is 2. The fourth-order valence-electron chi connectivity index (χ4n) is 6.06. The van der Waals surface area contributed by atoms with Crippen LogP contribution in [-0.2, 0) is 4.74 Å².